The van der Waals surface area contributed by atoms with Crippen LogP contribution in [0.4, 0.5) is 5.69 Å². The molecule has 0 fully saturated rings. The Morgan fingerprint density at radius 1 is 1.53 bits per heavy atom. The van der Waals surface area contributed by atoms with Crippen LogP contribution in [0.5, 0.6) is 5.75 Å². The first-order chi connectivity index (χ1) is 9.12. The number of hydrogen-bond donors (Lipinski definition) is 1. The molecule has 0 aliphatic heterocycles. The molecule has 1 aromatic carbocycles. The van der Waals surface area contributed by atoms with Crippen molar-refractivity contribution in [2.45, 2.75) is 6.92 Å². The maximum absolute atomic E-state index is 11.4. The summed E-state index contributed by atoms with van der Waals surface area (Å²) >= 11 is 0. The zero-order valence-corrected chi connectivity index (χ0v) is 11.0. The van der Waals surface area contributed by atoms with Crippen LogP contribution >= 0.6 is 0 Å². The Bertz CT molecular complexity index is 518. The monoisotopic (exact) mass is 260 g/mol. The van der Waals surface area contributed by atoms with Crippen LogP contribution in [-0.2, 0) is 9.53 Å². The molecule has 0 unspecified atom stereocenters. The van der Waals surface area contributed by atoms with Crippen molar-refractivity contribution in [2.75, 3.05) is 25.6 Å². The van der Waals surface area contributed by atoms with Crippen LogP contribution in [0.25, 0.3) is 0 Å². The highest BCUT2D eigenvalue weighted by Crippen LogP contribution is 2.25. The number of nitrogens with zero attached hydrogens (tertiary/aromatic N) is 1. The minimum absolute atomic E-state index is 0.251. The van der Waals surface area contributed by atoms with E-state index in [1.165, 1.54) is 7.11 Å². The van der Waals surface area contributed by atoms with Crippen LogP contribution in [0.15, 0.2) is 30.4 Å². The van der Waals surface area contributed by atoms with Crippen molar-refractivity contribution >= 4 is 11.7 Å². The molecule has 0 heterocycles. The van der Waals surface area contributed by atoms with Gasteiger partial charge in [-0.3, -0.25) is 0 Å². The molecule has 5 heteroatoms. The standard InChI is InChI=1S/C14H16N2O3/c1-4-19-14(17)10(2)9-16-12-6-5-11(8-15)7-13(12)18-3/h5-7,16H,2,4,9H2,1,3H3. The number of benzene rings is 1. The van der Waals surface area contributed by atoms with Gasteiger partial charge in [-0.25, -0.2) is 4.79 Å². The Labute approximate surface area is 112 Å². The molecule has 0 aliphatic carbocycles. The molecule has 0 atom stereocenters. The molecule has 19 heavy (non-hydrogen) atoms. The molecule has 1 aromatic rings. The lowest BCUT2D eigenvalue weighted by molar-refractivity contribution is -0.138. The lowest BCUT2D eigenvalue weighted by Gasteiger charge is -2.12. The summed E-state index contributed by atoms with van der Waals surface area (Å²) in [5, 5.41) is 11.8. The summed E-state index contributed by atoms with van der Waals surface area (Å²) in [5.74, 6) is 0.110. The third-order valence-corrected chi connectivity index (χ3v) is 2.39. The first kappa shape index (κ1) is 14.6. The molecule has 0 bridgehead atoms. The van der Waals surface area contributed by atoms with Crippen molar-refractivity contribution in [3.05, 3.63) is 35.9 Å². The summed E-state index contributed by atoms with van der Waals surface area (Å²) < 4.78 is 10.0. The van der Waals surface area contributed by atoms with Crippen LogP contribution in [0.3, 0.4) is 0 Å². The molecule has 0 saturated carbocycles. The van der Waals surface area contributed by atoms with Crippen LogP contribution in [0.2, 0.25) is 0 Å². The van der Waals surface area contributed by atoms with Gasteiger partial charge in [-0.1, -0.05) is 6.58 Å². The van der Waals surface area contributed by atoms with Crippen molar-refractivity contribution in [1.29, 1.82) is 5.26 Å². The molecule has 0 amide bonds. The summed E-state index contributed by atoms with van der Waals surface area (Å²) in [6, 6.07) is 7.03. The van der Waals surface area contributed by atoms with E-state index in [1.807, 2.05) is 6.07 Å². The molecule has 0 spiro atoms. The van der Waals surface area contributed by atoms with Gasteiger partial charge in [0.25, 0.3) is 0 Å². The topological polar surface area (TPSA) is 71.3 Å². The van der Waals surface area contributed by atoms with E-state index in [2.05, 4.69) is 11.9 Å². The molecular weight excluding hydrogens is 244 g/mol. The maximum Gasteiger partial charge on any atom is 0.335 e. The molecule has 1 N–H and O–H groups in total. The number of rotatable bonds is 6. The first-order valence-electron chi connectivity index (χ1n) is 5.79. The van der Waals surface area contributed by atoms with Gasteiger partial charge in [0.15, 0.2) is 0 Å². The fourth-order valence-electron chi connectivity index (χ4n) is 1.41. The van der Waals surface area contributed by atoms with Crippen LogP contribution in [0, 0.1) is 11.3 Å². The van der Waals surface area contributed by atoms with E-state index in [0.29, 0.717) is 29.2 Å². The van der Waals surface area contributed by atoms with Crippen molar-refractivity contribution in [2.24, 2.45) is 0 Å². The van der Waals surface area contributed by atoms with Crippen LogP contribution < -0.4 is 10.1 Å². The third-order valence-electron chi connectivity index (χ3n) is 2.39. The number of carbonyl (C=O) groups is 1. The fourth-order valence-corrected chi connectivity index (χ4v) is 1.41. The second kappa shape index (κ2) is 7.07. The van der Waals surface area contributed by atoms with Gasteiger partial charge in [0.05, 0.1) is 31.0 Å². The maximum atomic E-state index is 11.4. The van der Waals surface area contributed by atoms with E-state index in [1.54, 1.807) is 25.1 Å². The van der Waals surface area contributed by atoms with E-state index in [-0.39, 0.29) is 6.54 Å². The van der Waals surface area contributed by atoms with E-state index < -0.39 is 5.97 Å². The third kappa shape index (κ3) is 4.03. The summed E-state index contributed by atoms with van der Waals surface area (Å²) in [7, 11) is 1.52. The molecular formula is C14H16N2O3. The SMILES string of the molecule is C=C(CNc1ccc(C#N)cc1OC)C(=O)OCC. The number of hydrogen-bond acceptors (Lipinski definition) is 5. The molecule has 0 aromatic heterocycles. The quantitative estimate of drug-likeness (QED) is 0.626. The Kier molecular flexibility index (Phi) is 5.42. The van der Waals surface area contributed by atoms with Gasteiger partial charge in [-0.05, 0) is 19.1 Å². The summed E-state index contributed by atoms with van der Waals surface area (Å²) in [4.78, 5) is 11.4. The van der Waals surface area contributed by atoms with E-state index >= 15 is 0 Å². The van der Waals surface area contributed by atoms with E-state index in [4.69, 9.17) is 14.7 Å². The van der Waals surface area contributed by atoms with Gasteiger partial charge < -0.3 is 14.8 Å². The molecule has 5 nitrogen and oxygen atoms in total. The molecule has 1 rings (SSSR count). The van der Waals surface area contributed by atoms with Gasteiger partial charge >= 0.3 is 5.97 Å². The Morgan fingerprint density at radius 2 is 2.26 bits per heavy atom. The smallest absolute Gasteiger partial charge is 0.335 e. The minimum atomic E-state index is -0.428. The van der Waals surface area contributed by atoms with E-state index in [0.717, 1.165) is 0 Å². The second-order valence-corrected chi connectivity index (χ2v) is 3.70. The normalized spacial score (nSPS) is 9.32. The van der Waals surface area contributed by atoms with Crippen LogP contribution in [0.1, 0.15) is 12.5 Å². The van der Waals surface area contributed by atoms with Crippen molar-refractivity contribution in [3.8, 4) is 11.8 Å². The van der Waals surface area contributed by atoms with Gasteiger partial charge in [-0.15, -0.1) is 0 Å². The number of carbonyl (C=O) groups excluding carboxylic acids is 1. The Balaban J connectivity index is 2.70. The van der Waals surface area contributed by atoms with Crippen LogP contribution in [-0.4, -0.2) is 26.2 Å². The predicted molar refractivity (Wildman–Crippen MR) is 72.0 cm³/mol. The van der Waals surface area contributed by atoms with Crippen molar-refractivity contribution in [1.82, 2.24) is 0 Å². The summed E-state index contributed by atoms with van der Waals surface area (Å²) in [5.41, 5.74) is 1.52. The highest BCUT2D eigenvalue weighted by molar-refractivity contribution is 5.88. The highest BCUT2D eigenvalue weighted by Gasteiger charge is 2.09. The average molecular weight is 260 g/mol. The predicted octanol–water partition coefficient (Wildman–Crippen LogP) is 2.10. The second-order valence-electron chi connectivity index (χ2n) is 3.70. The molecule has 0 saturated heterocycles. The number of anilines is 1. The van der Waals surface area contributed by atoms with Gasteiger partial charge in [0.1, 0.15) is 5.75 Å². The lowest BCUT2D eigenvalue weighted by Crippen LogP contribution is -2.15. The lowest BCUT2D eigenvalue weighted by atomic mass is 10.2. The van der Waals surface area contributed by atoms with Gasteiger partial charge in [0, 0.05) is 18.2 Å². The zero-order chi connectivity index (χ0) is 14.3. The molecule has 0 radical (unpaired) electrons. The number of ether oxygens (including phenoxy) is 2. The highest BCUT2D eigenvalue weighted by atomic mass is 16.5. The number of nitrogens with one attached hydrogen (secondary N) is 1. The largest absolute Gasteiger partial charge is 0.495 e. The van der Waals surface area contributed by atoms with Gasteiger partial charge in [-0.2, -0.15) is 5.26 Å². The number of nitriles is 1. The van der Waals surface area contributed by atoms with Gasteiger partial charge in [0.2, 0.25) is 0 Å². The van der Waals surface area contributed by atoms with Crippen molar-refractivity contribution < 1.29 is 14.3 Å². The van der Waals surface area contributed by atoms with E-state index in [9.17, 15) is 4.79 Å². The average Bonchev–Trinajstić information content (AvgIpc) is 2.44. The Hall–Kier alpha value is -2.48. The Morgan fingerprint density at radius 3 is 2.84 bits per heavy atom. The molecule has 100 valence electrons. The van der Waals surface area contributed by atoms with Crippen molar-refractivity contribution in [3.63, 3.8) is 0 Å². The number of methoxy groups -OCH3 is 1. The molecule has 0 aliphatic rings. The minimum Gasteiger partial charge on any atom is -0.495 e. The summed E-state index contributed by atoms with van der Waals surface area (Å²) in [6.07, 6.45) is 0. The number of esters is 1. The summed E-state index contributed by atoms with van der Waals surface area (Å²) in [6.45, 7) is 5.95. The fraction of sp³-hybridized carbons (Fsp3) is 0.286. The first-order valence-corrected chi connectivity index (χ1v) is 5.79. The zero-order valence-electron chi connectivity index (χ0n) is 11.0.